The Kier molecular flexibility index (Phi) is 2.88. The SMILES string of the molecule is C#CNc1cc2ccccc2cn1.c1cc2ccc1-2. The molecule has 0 aliphatic heterocycles. The molecule has 0 amide bonds. The molecule has 1 heterocycles. The molecule has 0 unspecified atom stereocenters. The van der Waals surface area contributed by atoms with Crippen molar-refractivity contribution < 1.29 is 0 Å². The highest BCUT2D eigenvalue weighted by Crippen LogP contribution is 2.29. The number of hydrogen-bond donors (Lipinski definition) is 1. The summed E-state index contributed by atoms with van der Waals surface area (Å²) in [7, 11) is 0. The molecular weight excluding hydrogens is 232 g/mol. The Morgan fingerprint density at radius 3 is 2.05 bits per heavy atom. The second-order valence-electron chi connectivity index (χ2n) is 4.26. The Morgan fingerprint density at radius 2 is 1.53 bits per heavy atom. The normalized spacial score (nSPS) is 10.1. The molecule has 1 N–H and O–H groups in total. The first-order chi connectivity index (χ1) is 9.36. The molecule has 4 rings (SSSR count). The van der Waals surface area contributed by atoms with Crippen LogP contribution in [0.15, 0.2) is 60.8 Å². The van der Waals surface area contributed by atoms with E-state index in [-0.39, 0.29) is 0 Å². The lowest BCUT2D eigenvalue weighted by Crippen LogP contribution is -1.90. The Labute approximate surface area is 112 Å². The number of rotatable bonds is 1. The van der Waals surface area contributed by atoms with E-state index in [1.165, 1.54) is 11.1 Å². The van der Waals surface area contributed by atoms with Crippen LogP contribution in [-0.4, -0.2) is 4.98 Å². The van der Waals surface area contributed by atoms with Crippen LogP contribution < -0.4 is 5.32 Å². The largest absolute Gasteiger partial charge is 0.300 e. The zero-order valence-corrected chi connectivity index (χ0v) is 10.3. The van der Waals surface area contributed by atoms with Gasteiger partial charge in [0.2, 0.25) is 0 Å². The summed E-state index contributed by atoms with van der Waals surface area (Å²) in [6.07, 6.45) is 6.90. The molecule has 0 fully saturated rings. The Hall–Kier alpha value is -2.79. The molecule has 90 valence electrons. The molecule has 2 nitrogen and oxygen atoms in total. The van der Waals surface area contributed by atoms with Crippen molar-refractivity contribution >= 4 is 16.6 Å². The van der Waals surface area contributed by atoms with Gasteiger partial charge >= 0.3 is 0 Å². The second kappa shape index (κ2) is 4.83. The van der Waals surface area contributed by atoms with E-state index >= 15 is 0 Å². The molecule has 2 aromatic rings. The van der Waals surface area contributed by atoms with Crippen LogP contribution in [0.4, 0.5) is 5.82 Å². The zero-order chi connectivity index (χ0) is 13.1. The van der Waals surface area contributed by atoms with Crippen molar-refractivity contribution in [3.05, 3.63) is 60.8 Å². The highest BCUT2D eigenvalue weighted by atomic mass is 15.0. The van der Waals surface area contributed by atoms with E-state index in [0.29, 0.717) is 5.82 Å². The van der Waals surface area contributed by atoms with Crippen LogP contribution in [0.2, 0.25) is 0 Å². The molecule has 19 heavy (non-hydrogen) atoms. The van der Waals surface area contributed by atoms with Crippen molar-refractivity contribution in [1.29, 1.82) is 0 Å². The third-order valence-corrected chi connectivity index (χ3v) is 3.05. The number of fused-ring (bicyclic) bond motifs is 2. The van der Waals surface area contributed by atoms with Gasteiger partial charge in [0, 0.05) is 17.6 Å². The van der Waals surface area contributed by atoms with E-state index in [4.69, 9.17) is 6.42 Å². The Bertz CT molecular complexity index is 731. The number of anilines is 1. The maximum absolute atomic E-state index is 5.10. The van der Waals surface area contributed by atoms with E-state index in [2.05, 4.69) is 40.6 Å². The average Bonchev–Trinajstić information content (AvgIpc) is 2.44. The predicted molar refractivity (Wildman–Crippen MR) is 79.6 cm³/mol. The van der Waals surface area contributed by atoms with Crippen LogP contribution in [-0.2, 0) is 0 Å². The third kappa shape index (κ3) is 2.27. The van der Waals surface area contributed by atoms with E-state index in [1.807, 2.05) is 30.3 Å². The van der Waals surface area contributed by atoms with E-state index in [0.717, 1.165) is 10.8 Å². The maximum atomic E-state index is 5.10. The van der Waals surface area contributed by atoms with Gasteiger partial charge in [-0.15, -0.1) is 0 Å². The van der Waals surface area contributed by atoms with E-state index in [1.54, 1.807) is 6.20 Å². The summed E-state index contributed by atoms with van der Waals surface area (Å²) in [5, 5.41) is 4.97. The van der Waals surface area contributed by atoms with Gasteiger partial charge in [0.25, 0.3) is 0 Å². The van der Waals surface area contributed by atoms with Gasteiger partial charge < -0.3 is 0 Å². The van der Waals surface area contributed by atoms with Gasteiger partial charge in [-0.3, -0.25) is 5.32 Å². The lowest BCUT2D eigenvalue weighted by Gasteiger charge is -2.10. The molecule has 0 atom stereocenters. The second-order valence-corrected chi connectivity index (χ2v) is 4.26. The van der Waals surface area contributed by atoms with Gasteiger partial charge in [-0.25, -0.2) is 4.98 Å². The van der Waals surface area contributed by atoms with Gasteiger partial charge in [0.15, 0.2) is 0 Å². The molecule has 0 bridgehead atoms. The van der Waals surface area contributed by atoms with Crippen LogP contribution in [0, 0.1) is 12.5 Å². The first-order valence-corrected chi connectivity index (χ1v) is 6.04. The molecule has 0 saturated carbocycles. The minimum absolute atomic E-state index is 0.709. The van der Waals surface area contributed by atoms with Crippen molar-refractivity contribution in [2.75, 3.05) is 5.32 Å². The van der Waals surface area contributed by atoms with Gasteiger partial charge in [-0.1, -0.05) is 55.0 Å². The average molecular weight is 244 g/mol. The number of benzene rings is 2. The van der Waals surface area contributed by atoms with Crippen molar-refractivity contribution in [1.82, 2.24) is 4.98 Å². The molecule has 0 spiro atoms. The highest BCUT2D eigenvalue weighted by Gasteiger charge is 2.04. The van der Waals surface area contributed by atoms with Gasteiger partial charge in [0.1, 0.15) is 5.82 Å². The molecule has 1 aromatic heterocycles. The van der Waals surface area contributed by atoms with Crippen LogP contribution in [0.25, 0.3) is 21.9 Å². The molecule has 1 aromatic carbocycles. The maximum Gasteiger partial charge on any atom is 0.138 e. The monoisotopic (exact) mass is 244 g/mol. The van der Waals surface area contributed by atoms with Crippen molar-refractivity contribution in [3.63, 3.8) is 0 Å². The fourth-order valence-electron chi connectivity index (χ4n) is 1.89. The highest BCUT2D eigenvalue weighted by molar-refractivity contribution is 5.83. The first kappa shape index (κ1) is 11.3. The number of terminal acetylenes is 1. The Balaban J connectivity index is 0.000000151. The van der Waals surface area contributed by atoms with E-state index < -0.39 is 0 Å². The number of hydrogen-bond acceptors (Lipinski definition) is 2. The van der Waals surface area contributed by atoms with Crippen molar-refractivity contribution in [2.24, 2.45) is 0 Å². The Morgan fingerprint density at radius 1 is 0.895 bits per heavy atom. The van der Waals surface area contributed by atoms with Crippen LogP contribution in [0.1, 0.15) is 0 Å². The minimum atomic E-state index is 0.709. The zero-order valence-electron chi connectivity index (χ0n) is 10.3. The van der Waals surface area contributed by atoms with E-state index in [9.17, 15) is 0 Å². The van der Waals surface area contributed by atoms with Crippen LogP contribution in [0.5, 0.6) is 0 Å². The molecule has 2 aliphatic rings. The summed E-state index contributed by atoms with van der Waals surface area (Å²) in [5.74, 6) is 0.709. The number of nitrogens with zero attached hydrogens (tertiary/aromatic N) is 1. The third-order valence-electron chi connectivity index (χ3n) is 3.05. The summed E-state index contributed by atoms with van der Waals surface area (Å²) < 4.78 is 0. The number of pyridine rings is 1. The molecule has 2 aliphatic carbocycles. The van der Waals surface area contributed by atoms with Gasteiger partial charge in [-0.2, -0.15) is 0 Å². The summed E-state index contributed by atoms with van der Waals surface area (Å²) in [5.41, 5.74) is 2.85. The summed E-state index contributed by atoms with van der Waals surface area (Å²) in [6.45, 7) is 0. The number of nitrogens with one attached hydrogen (secondary N) is 1. The van der Waals surface area contributed by atoms with Crippen LogP contribution >= 0.6 is 0 Å². The molecule has 2 heteroatoms. The van der Waals surface area contributed by atoms with Crippen LogP contribution in [0.3, 0.4) is 0 Å². The summed E-state index contributed by atoms with van der Waals surface area (Å²) >= 11 is 0. The predicted octanol–water partition coefficient (Wildman–Crippen LogP) is 3.90. The standard InChI is InChI=1S/C11H8N2.C6H4/c1-2-12-11-7-9-5-3-4-6-10(9)8-13-11;1-2-6-4-3-5(1)6/h1,3-8H,(H,12,13);1-4H. The van der Waals surface area contributed by atoms with Gasteiger partial charge in [-0.05, 0) is 22.6 Å². The lowest BCUT2D eigenvalue weighted by atomic mass is 9.95. The summed E-state index contributed by atoms with van der Waals surface area (Å²) in [4.78, 5) is 4.14. The molecular formula is C17H12N2. The summed E-state index contributed by atoms with van der Waals surface area (Å²) in [6, 6.07) is 20.8. The topological polar surface area (TPSA) is 24.9 Å². The fourth-order valence-corrected chi connectivity index (χ4v) is 1.89. The number of aromatic nitrogens is 1. The fraction of sp³-hybridized carbons (Fsp3) is 0. The van der Waals surface area contributed by atoms with Crippen molar-refractivity contribution in [3.8, 4) is 23.6 Å². The van der Waals surface area contributed by atoms with Crippen molar-refractivity contribution in [2.45, 2.75) is 0 Å². The smallest absolute Gasteiger partial charge is 0.138 e. The molecule has 0 radical (unpaired) electrons. The van der Waals surface area contributed by atoms with Gasteiger partial charge in [0.05, 0.1) is 0 Å². The quantitative estimate of drug-likeness (QED) is 0.405. The minimum Gasteiger partial charge on any atom is -0.300 e. The molecule has 0 saturated heterocycles. The first-order valence-electron chi connectivity index (χ1n) is 6.04. The lowest BCUT2D eigenvalue weighted by molar-refractivity contribution is 1.35.